The van der Waals surface area contributed by atoms with E-state index in [1.165, 1.54) is 24.3 Å². The lowest BCUT2D eigenvalue weighted by atomic mass is 9.91. The number of hydrogen-bond acceptors (Lipinski definition) is 4. The second-order valence-electron chi connectivity index (χ2n) is 7.59. The molecule has 0 fully saturated rings. The van der Waals surface area contributed by atoms with Gasteiger partial charge in [-0.25, -0.2) is 13.1 Å². The van der Waals surface area contributed by atoms with Gasteiger partial charge >= 0.3 is 5.97 Å². The molecule has 0 saturated heterocycles. The molecule has 170 valence electrons. The zero-order valence-electron chi connectivity index (χ0n) is 17.2. The number of carboxylic acids is 1. The van der Waals surface area contributed by atoms with Crippen LogP contribution in [0.5, 0.6) is 0 Å². The third-order valence-electron chi connectivity index (χ3n) is 5.00. The maximum Gasteiger partial charge on any atom is 0.307 e. The van der Waals surface area contributed by atoms with Crippen molar-refractivity contribution in [2.45, 2.75) is 54.9 Å². The van der Waals surface area contributed by atoms with E-state index in [4.69, 9.17) is 28.3 Å². The predicted molar refractivity (Wildman–Crippen MR) is 122 cm³/mol. The number of sulfonamides is 1. The minimum Gasteiger partial charge on any atom is -0.481 e. The average Bonchev–Trinajstić information content (AvgIpc) is 2.72. The summed E-state index contributed by atoms with van der Waals surface area (Å²) in [6, 6.07) is 12.9. The third-order valence-corrected chi connectivity index (χ3v) is 7.12. The molecule has 2 atom stereocenters. The van der Waals surface area contributed by atoms with Gasteiger partial charge in [0.2, 0.25) is 10.0 Å². The molecule has 0 aliphatic heterocycles. The summed E-state index contributed by atoms with van der Waals surface area (Å²) in [6.45, 7) is 1.83. The van der Waals surface area contributed by atoms with Gasteiger partial charge in [-0.2, -0.15) is 0 Å². The summed E-state index contributed by atoms with van der Waals surface area (Å²) < 4.78 is 27.9. The SMILES string of the molecule is CCC(O)CCC(Cl)(CNS(=O)(=O)c1ccc(Cl)cc1)Cc1ccc(CC(=O)O)cc1. The van der Waals surface area contributed by atoms with Crippen molar-refractivity contribution in [1.82, 2.24) is 4.72 Å². The van der Waals surface area contributed by atoms with Crippen LogP contribution in [0, 0.1) is 0 Å². The van der Waals surface area contributed by atoms with Crippen molar-refractivity contribution in [3.8, 4) is 0 Å². The van der Waals surface area contributed by atoms with Crippen LogP contribution >= 0.6 is 23.2 Å². The number of halogens is 2. The first-order chi connectivity index (χ1) is 14.5. The van der Waals surface area contributed by atoms with E-state index < -0.39 is 27.0 Å². The smallest absolute Gasteiger partial charge is 0.307 e. The Kier molecular flexibility index (Phi) is 9.33. The molecule has 2 aromatic carbocycles. The quantitative estimate of drug-likeness (QED) is 0.392. The summed E-state index contributed by atoms with van der Waals surface area (Å²) in [5.74, 6) is -0.912. The summed E-state index contributed by atoms with van der Waals surface area (Å²) in [4.78, 5) is 9.97. The first-order valence-electron chi connectivity index (χ1n) is 9.95. The Morgan fingerprint density at radius 1 is 1.10 bits per heavy atom. The summed E-state index contributed by atoms with van der Waals surface area (Å²) in [7, 11) is -3.79. The highest BCUT2D eigenvalue weighted by atomic mass is 35.5. The van der Waals surface area contributed by atoms with E-state index in [1.807, 2.05) is 6.92 Å². The van der Waals surface area contributed by atoms with Gasteiger partial charge in [0.15, 0.2) is 0 Å². The van der Waals surface area contributed by atoms with E-state index in [0.717, 1.165) is 5.56 Å². The van der Waals surface area contributed by atoms with Crippen LogP contribution in [0.4, 0.5) is 0 Å². The van der Waals surface area contributed by atoms with Crippen LogP contribution in [-0.4, -0.2) is 42.1 Å². The van der Waals surface area contributed by atoms with E-state index in [0.29, 0.717) is 36.3 Å². The van der Waals surface area contributed by atoms with E-state index >= 15 is 0 Å². The molecule has 9 heteroatoms. The molecule has 3 N–H and O–H groups in total. The highest BCUT2D eigenvalue weighted by Crippen LogP contribution is 2.28. The molecule has 2 unspecified atom stereocenters. The van der Waals surface area contributed by atoms with Gasteiger partial charge in [-0.05, 0) is 61.1 Å². The summed E-state index contributed by atoms with van der Waals surface area (Å²) >= 11 is 12.7. The zero-order chi connectivity index (χ0) is 23.1. The molecule has 0 aliphatic carbocycles. The molecule has 0 saturated carbocycles. The van der Waals surface area contributed by atoms with Crippen molar-refractivity contribution in [2.24, 2.45) is 0 Å². The van der Waals surface area contributed by atoms with Crippen LogP contribution < -0.4 is 4.72 Å². The standard InChI is InChI=1S/C22H27Cl2NO5S/c1-2-19(26)11-12-22(24,14-17-5-3-16(4-6-17)13-21(27)28)15-25-31(29,30)20-9-7-18(23)8-10-20/h3-10,19,25-26H,2,11-15H2,1H3,(H,27,28). The molecule has 0 bridgehead atoms. The zero-order valence-corrected chi connectivity index (χ0v) is 19.6. The van der Waals surface area contributed by atoms with E-state index in [-0.39, 0.29) is 17.9 Å². The summed E-state index contributed by atoms with van der Waals surface area (Å²) in [5.41, 5.74) is 1.52. The van der Waals surface area contributed by atoms with Crippen molar-refractivity contribution in [3.05, 3.63) is 64.7 Å². The van der Waals surface area contributed by atoms with Crippen molar-refractivity contribution in [1.29, 1.82) is 0 Å². The van der Waals surface area contributed by atoms with Gasteiger partial charge in [0.25, 0.3) is 0 Å². The van der Waals surface area contributed by atoms with Gasteiger partial charge in [-0.3, -0.25) is 4.79 Å². The number of aliphatic hydroxyl groups is 1. The highest BCUT2D eigenvalue weighted by molar-refractivity contribution is 7.89. The molecule has 0 aliphatic rings. The van der Waals surface area contributed by atoms with Crippen LogP contribution in [0.25, 0.3) is 0 Å². The lowest BCUT2D eigenvalue weighted by Gasteiger charge is -2.28. The van der Waals surface area contributed by atoms with Gasteiger partial charge in [-0.1, -0.05) is 42.8 Å². The normalized spacial score (nSPS) is 14.7. The second kappa shape index (κ2) is 11.3. The molecule has 0 spiro atoms. The molecular formula is C22H27Cl2NO5S. The minimum absolute atomic E-state index is 0.0349. The van der Waals surface area contributed by atoms with Gasteiger partial charge in [-0.15, -0.1) is 11.6 Å². The summed E-state index contributed by atoms with van der Waals surface area (Å²) in [5, 5.41) is 19.3. The maximum atomic E-state index is 12.7. The van der Waals surface area contributed by atoms with Crippen LogP contribution in [0.3, 0.4) is 0 Å². The van der Waals surface area contributed by atoms with Gasteiger partial charge in [0, 0.05) is 11.6 Å². The Labute approximate surface area is 193 Å². The first kappa shape index (κ1) is 25.6. The highest BCUT2D eigenvalue weighted by Gasteiger charge is 2.30. The molecule has 6 nitrogen and oxygen atoms in total. The molecule has 0 amide bonds. The first-order valence-corrected chi connectivity index (χ1v) is 12.2. The van der Waals surface area contributed by atoms with Crippen LogP contribution in [0.15, 0.2) is 53.4 Å². The minimum atomic E-state index is -3.79. The summed E-state index contributed by atoms with van der Waals surface area (Å²) in [6.07, 6.45) is 1.15. The second-order valence-corrected chi connectivity index (χ2v) is 10.6. The average molecular weight is 488 g/mol. The van der Waals surface area contributed by atoms with E-state index in [1.54, 1.807) is 24.3 Å². The molecular weight excluding hydrogens is 461 g/mol. The Hall–Kier alpha value is -1.64. The molecule has 2 rings (SSSR count). The van der Waals surface area contributed by atoms with Crippen molar-refractivity contribution in [3.63, 3.8) is 0 Å². The predicted octanol–water partition coefficient (Wildman–Crippen LogP) is 4.02. The number of benzene rings is 2. The largest absolute Gasteiger partial charge is 0.481 e. The number of hydrogen-bond donors (Lipinski definition) is 3. The number of aliphatic carboxylic acids is 1. The Morgan fingerprint density at radius 2 is 1.68 bits per heavy atom. The van der Waals surface area contributed by atoms with Crippen LogP contribution in [0.2, 0.25) is 5.02 Å². The number of nitrogens with one attached hydrogen (secondary N) is 1. The molecule has 2 aromatic rings. The number of carbonyl (C=O) groups is 1. The maximum absolute atomic E-state index is 12.7. The van der Waals surface area contributed by atoms with Crippen molar-refractivity contribution >= 4 is 39.2 Å². The van der Waals surface area contributed by atoms with Crippen molar-refractivity contribution in [2.75, 3.05) is 6.54 Å². The van der Waals surface area contributed by atoms with Gasteiger partial charge in [0.05, 0.1) is 22.3 Å². The Bertz CT molecular complexity index is 964. The fourth-order valence-electron chi connectivity index (χ4n) is 3.11. The number of aliphatic hydroxyl groups excluding tert-OH is 1. The molecule has 31 heavy (non-hydrogen) atoms. The molecule has 0 radical (unpaired) electrons. The number of alkyl halides is 1. The van der Waals surface area contributed by atoms with E-state index in [2.05, 4.69) is 4.72 Å². The van der Waals surface area contributed by atoms with Gasteiger partial charge in [0.1, 0.15) is 0 Å². The lowest BCUT2D eigenvalue weighted by Crippen LogP contribution is -2.41. The molecule has 0 aromatic heterocycles. The Morgan fingerprint density at radius 3 is 2.23 bits per heavy atom. The van der Waals surface area contributed by atoms with Crippen molar-refractivity contribution < 1.29 is 23.4 Å². The lowest BCUT2D eigenvalue weighted by molar-refractivity contribution is -0.136. The monoisotopic (exact) mass is 487 g/mol. The number of carboxylic acid groups (broad SMARTS) is 1. The van der Waals surface area contributed by atoms with Gasteiger partial charge < -0.3 is 10.2 Å². The van der Waals surface area contributed by atoms with Crippen LogP contribution in [0.1, 0.15) is 37.3 Å². The fourth-order valence-corrected chi connectivity index (χ4v) is 4.77. The third kappa shape index (κ3) is 8.43. The topological polar surface area (TPSA) is 104 Å². The Balaban J connectivity index is 2.16. The van der Waals surface area contributed by atoms with Crippen LogP contribution in [-0.2, 0) is 27.7 Å². The fraction of sp³-hybridized carbons (Fsp3) is 0.409. The van der Waals surface area contributed by atoms with E-state index in [9.17, 15) is 18.3 Å². The number of rotatable bonds is 12. The molecule has 0 heterocycles.